The van der Waals surface area contributed by atoms with Crippen molar-refractivity contribution in [1.29, 1.82) is 0 Å². The Labute approximate surface area is 156 Å². The SMILES string of the molecule is CC(C)(C)OC(=O)[C@@H](N)[C@](O)(CCc1cccc2ccccc12)C(F)(F)F. The minimum absolute atomic E-state index is 0.103. The molecule has 0 heterocycles. The average molecular weight is 383 g/mol. The largest absolute Gasteiger partial charge is 0.459 e. The summed E-state index contributed by atoms with van der Waals surface area (Å²) in [5.74, 6) is -1.29. The molecule has 148 valence electrons. The van der Waals surface area contributed by atoms with Gasteiger partial charge in [0, 0.05) is 0 Å². The van der Waals surface area contributed by atoms with Crippen molar-refractivity contribution in [2.45, 2.75) is 57.0 Å². The van der Waals surface area contributed by atoms with E-state index in [2.05, 4.69) is 0 Å². The molecule has 3 N–H and O–H groups in total. The number of rotatable bonds is 5. The van der Waals surface area contributed by atoms with Crippen LogP contribution in [0.2, 0.25) is 0 Å². The van der Waals surface area contributed by atoms with Crippen molar-refractivity contribution in [2.75, 3.05) is 0 Å². The second kappa shape index (κ2) is 7.48. The molecular formula is C20H24F3NO3. The second-order valence-corrected chi connectivity index (χ2v) is 7.57. The van der Waals surface area contributed by atoms with Crippen molar-refractivity contribution in [3.8, 4) is 0 Å². The van der Waals surface area contributed by atoms with Gasteiger partial charge in [0.2, 0.25) is 0 Å². The van der Waals surface area contributed by atoms with Crippen LogP contribution in [0, 0.1) is 0 Å². The molecule has 0 saturated heterocycles. The third-order valence-corrected chi connectivity index (χ3v) is 4.32. The fourth-order valence-corrected chi connectivity index (χ4v) is 2.87. The molecule has 0 unspecified atom stereocenters. The van der Waals surface area contributed by atoms with Gasteiger partial charge in [-0.3, -0.25) is 4.79 Å². The number of carbonyl (C=O) groups excluding carboxylic acids is 1. The van der Waals surface area contributed by atoms with Gasteiger partial charge in [-0.25, -0.2) is 0 Å². The number of benzene rings is 2. The van der Waals surface area contributed by atoms with E-state index < -0.39 is 35.8 Å². The molecule has 2 rings (SSSR count). The van der Waals surface area contributed by atoms with E-state index in [0.29, 0.717) is 5.56 Å². The highest BCUT2D eigenvalue weighted by atomic mass is 19.4. The zero-order valence-corrected chi connectivity index (χ0v) is 15.5. The molecule has 2 aromatic rings. The summed E-state index contributed by atoms with van der Waals surface area (Å²) in [7, 11) is 0. The quantitative estimate of drug-likeness (QED) is 0.772. The van der Waals surface area contributed by atoms with Crippen molar-refractivity contribution >= 4 is 16.7 Å². The summed E-state index contributed by atoms with van der Waals surface area (Å²) < 4.78 is 45.8. The van der Waals surface area contributed by atoms with E-state index in [9.17, 15) is 23.1 Å². The lowest BCUT2D eigenvalue weighted by molar-refractivity contribution is -0.271. The zero-order valence-electron chi connectivity index (χ0n) is 15.5. The fourth-order valence-electron chi connectivity index (χ4n) is 2.87. The highest BCUT2D eigenvalue weighted by molar-refractivity contribution is 5.85. The standard InChI is InChI=1S/C20H24F3NO3/c1-18(2,3)27-17(25)16(24)19(26,20(21,22)23)12-11-14-9-6-8-13-7-4-5-10-15(13)14/h4-10,16,26H,11-12,24H2,1-3H3/t16-,19-/m1/s1. The predicted octanol–water partition coefficient (Wildman–Crippen LogP) is 3.73. The van der Waals surface area contributed by atoms with Crippen LogP contribution in [-0.4, -0.2) is 34.5 Å². The normalized spacial score (nSPS) is 16.0. The molecule has 4 nitrogen and oxygen atoms in total. The lowest BCUT2D eigenvalue weighted by Gasteiger charge is -2.35. The Kier molecular flexibility index (Phi) is 5.87. The Hall–Kier alpha value is -2.12. The third-order valence-electron chi connectivity index (χ3n) is 4.32. The maximum atomic E-state index is 13.6. The van der Waals surface area contributed by atoms with Gasteiger partial charge >= 0.3 is 12.1 Å². The first kappa shape index (κ1) is 21.2. The van der Waals surface area contributed by atoms with Crippen molar-refractivity contribution in [2.24, 2.45) is 5.73 Å². The fraction of sp³-hybridized carbons (Fsp3) is 0.450. The summed E-state index contributed by atoms with van der Waals surface area (Å²) in [5.41, 5.74) is 1.74. The monoisotopic (exact) mass is 383 g/mol. The molecule has 0 amide bonds. The van der Waals surface area contributed by atoms with Gasteiger partial charge in [0.1, 0.15) is 11.6 Å². The smallest absolute Gasteiger partial charge is 0.419 e. The summed E-state index contributed by atoms with van der Waals surface area (Å²) in [4.78, 5) is 12.1. The molecule has 0 radical (unpaired) electrons. The molecule has 0 aliphatic rings. The van der Waals surface area contributed by atoms with E-state index in [1.54, 1.807) is 24.3 Å². The Morgan fingerprint density at radius 2 is 1.70 bits per heavy atom. The molecule has 7 heteroatoms. The van der Waals surface area contributed by atoms with E-state index in [0.717, 1.165) is 10.8 Å². The van der Waals surface area contributed by atoms with Crippen molar-refractivity contribution in [3.63, 3.8) is 0 Å². The topological polar surface area (TPSA) is 72.5 Å². The summed E-state index contributed by atoms with van der Waals surface area (Å²) >= 11 is 0. The predicted molar refractivity (Wildman–Crippen MR) is 97.1 cm³/mol. The van der Waals surface area contributed by atoms with Gasteiger partial charge in [0.15, 0.2) is 5.60 Å². The number of halogens is 3. The van der Waals surface area contributed by atoms with Gasteiger partial charge in [0.25, 0.3) is 0 Å². The Morgan fingerprint density at radius 3 is 2.30 bits per heavy atom. The van der Waals surface area contributed by atoms with Crippen LogP contribution in [0.1, 0.15) is 32.8 Å². The van der Waals surface area contributed by atoms with Gasteiger partial charge in [0.05, 0.1) is 0 Å². The van der Waals surface area contributed by atoms with Crippen LogP contribution < -0.4 is 5.73 Å². The number of carbonyl (C=O) groups is 1. The second-order valence-electron chi connectivity index (χ2n) is 7.57. The van der Waals surface area contributed by atoms with Crippen LogP contribution in [0.3, 0.4) is 0 Å². The molecule has 0 aromatic heterocycles. The van der Waals surface area contributed by atoms with Crippen LogP contribution in [0.5, 0.6) is 0 Å². The Bertz CT molecular complexity index is 809. The number of fused-ring (bicyclic) bond motifs is 1. The first-order chi connectivity index (χ1) is 12.3. The van der Waals surface area contributed by atoms with Crippen LogP contribution in [0.25, 0.3) is 10.8 Å². The number of hydrogen-bond acceptors (Lipinski definition) is 4. The number of hydrogen-bond donors (Lipinski definition) is 2. The third kappa shape index (κ3) is 4.78. The molecule has 2 aromatic carbocycles. The maximum absolute atomic E-state index is 13.6. The lowest BCUT2D eigenvalue weighted by Crippen LogP contribution is -2.62. The van der Waals surface area contributed by atoms with Crippen molar-refractivity contribution in [1.82, 2.24) is 0 Å². The first-order valence-electron chi connectivity index (χ1n) is 8.59. The van der Waals surface area contributed by atoms with Gasteiger partial charge in [-0.2, -0.15) is 13.2 Å². The molecule has 0 aliphatic heterocycles. The van der Waals surface area contributed by atoms with Crippen LogP contribution in [0.15, 0.2) is 42.5 Å². The van der Waals surface area contributed by atoms with E-state index in [1.807, 2.05) is 18.2 Å². The molecule has 0 spiro atoms. The highest BCUT2D eigenvalue weighted by Crippen LogP contribution is 2.37. The molecule has 27 heavy (non-hydrogen) atoms. The number of alkyl halides is 3. The van der Waals surface area contributed by atoms with Crippen LogP contribution in [-0.2, 0) is 16.0 Å². The van der Waals surface area contributed by atoms with Crippen LogP contribution >= 0.6 is 0 Å². The van der Waals surface area contributed by atoms with Crippen molar-refractivity contribution < 1.29 is 27.8 Å². The Morgan fingerprint density at radius 1 is 1.11 bits per heavy atom. The van der Waals surface area contributed by atoms with Gasteiger partial charge in [-0.1, -0.05) is 42.5 Å². The number of ether oxygens (including phenoxy) is 1. The zero-order chi connectivity index (χ0) is 20.5. The summed E-state index contributed by atoms with van der Waals surface area (Å²) in [6, 6.07) is 10.3. The van der Waals surface area contributed by atoms with E-state index in [1.165, 1.54) is 20.8 Å². The lowest BCUT2D eigenvalue weighted by atomic mass is 9.86. The molecule has 0 fully saturated rings. The van der Waals surface area contributed by atoms with E-state index in [-0.39, 0.29) is 6.42 Å². The van der Waals surface area contributed by atoms with Gasteiger partial charge < -0.3 is 15.6 Å². The molecule has 0 aliphatic carbocycles. The molecule has 0 saturated carbocycles. The summed E-state index contributed by atoms with van der Waals surface area (Å²) in [6.45, 7) is 4.54. The number of nitrogens with two attached hydrogens (primary N) is 1. The van der Waals surface area contributed by atoms with E-state index >= 15 is 0 Å². The molecule has 0 bridgehead atoms. The average Bonchev–Trinajstić information content (AvgIpc) is 2.56. The minimum atomic E-state index is -5.09. The Balaban J connectivity index is 2.30. The van der Waals surface area contributed by atoms with Gasteiger partial charge in [-0.05, 0) is 49.9 Å². The molecular weight excluding hydrogens is 359 g/mol. The summed E-state index contributed by atoms with van der Waals surface area (Å²) in [6.07, 6.45) is -5.95. The summed E-state index contributed by atoms with van der Waals surface area (Å²) in [5, 5.41) is 12.0. The number of aliphatic hydroxyl groups is 1. The maximum Gasteiger partial charge on any atom is 0.419 e. The first-order valence-corrected chi connectivity index (χ1v) is 8.59. The number of esters is 1. The number of aryl methyl sites for hydroxylation is 1. The highest BCUT2D eigenvalue weighted by Gasteiger charge is 2.60. The van der Waals surface area contributed by atoms with E-state index in [4.69, 9.17) is 10.5 Å². The van der Waals surface area contributed by atoms with Crippen molar-refractivity contribution in [3.05, 3.63) is 48.0 Å². The minimum Gasteiger partial charge on any atom is -0.459 e. The molecule has 2 atom stereocenters. The van der Waals surface area contributed by atoms with Crippen LogP contribution in [0.4, 0.5) is 13.2 Å². The van der Waals surface area contributed by atoms with Gasteiger partial charge in [-0.15, -0.1) is 0 Å².